The number of nitrogens with zero attached hydrogens (tertiary/aromatic N) is 3. The predicted octanol–water partition coefficient (Wildman–Crippen LogP) is 3.05. The van der Waals surface area contributed by atoms with Crippen LogP contribution in [0.3, 0.4) is 0 Å². The molecule has 0 aliphatic carbocycles. The predicted molar refractivity (Wildman–Crippen MR) is 91.6 cm³/mol. The second-order valence-electron chi connectivity index (χ2n) is 5.33. The molecule has 26 heavy (non-hydrogen) atoms. The van der Waals surface area contributed by atoms with Gasteiger partial charge >= 0.3 is 0 Å². The number of carbonyl (C=O) groups excluding carboxylic acids is 1. The van der Waals surface area contributed by atoms with Crippen LogP contribution in [-0.4, -0.2) is 27.1 Å². The molecular weight excluding hydrogens is 340 g/mol. The van der Waals surface area contributed by atoms with Gasteiger partial charge in [0, 0.05) is 23.4 Å². The lowest BCUT2D eigenvalue weighted by molar-refractivity contribution is -0.384. The summed E-state index contributed by atoms with van der Waals surface area (Å²) < 4.78 is 10.7. The molecular formula is C17H14N4O5. The third-order valence-corrected chi connectivity index (χ3v) is 3.47. The summed E-state index contributed by atoms with van der Waals surface area (Å²) >= 11 is 0. The molecule has 132 valence electrons. The van der Waals surface area contributed by atoms with Crippen LogP contribution in [0.15, 0.2) is 59.3 Å². The summed E-state index contributed by atoms with van der Waals surface area (Å²) in [5, 5.41) is 20.8. The van der Waals surface area contributed by atoms with E-state index in [-0.39, 0.29) is 5.69 Å². The fourth-order valence-electron chi connectivity index (χ4n) is 2.17. The minimum Gasteiger partial charge on any atom is -0.481 e. The lowest BCUT2D eigenvalue weighted by Gasteiger charge is -2.14. The Hall–Kier alpha value is -3.75. The molecule has 9 nitrogen and oxygen atoms in total. The fraction of sp³-hybridized carbons (Fsp3) is 0.118. The first-order valence-electron chi connectivity index (χ1n) is 7.61. The second-order valence-corrected chi connectivity index (χ2v) is 5.33. The number of nitro benzene ring substituents is 1. The zero-order valence-corrected chi connectivity index (χ0v) is 13.7. The lowest BCUT2D eigenvalue weighted by atomic mass is 10.2. The van der Waals surface area contributed by atoms with Crippen LogP contribution < -0.4 is 10.1 Å². The molecule has 0 spiro atoms. The van der Waals surface area contributed by atoms with Crippen LogP contribution in [0.5, 0.6) is 5.75 Å². The van der Waals surface area contributed by atoms with E-state index in [1.807, 2.05) is 0 Å². The average Bonchev–Trinajstić information content (AvgIpc) is 3.17. The Morgan fingerprint density at radius 3 is 2.69 bits per heavy atom. The number of hydrogen-bond donors (Lipinski definition) is 1. The highest BCUT2D eigenvalue weighted by atomic mass is 16.6. The molecule has 1 heterocycles. The number of non-ortho nitro benzene ring substituents is 1. The van der Waals surface area contributed by atoms with E-state index >= 15 is 0 Å². The van der Waals surface area contributed by atoms with E-state index in [0.717, 1.165) is 5.56 Å². The van der Waals surface area contributed by atoms with Gasteiger partial charge in [0.1, 0.15) is 5.75 Å². The molecule has 3 aromatic rings. The molecule has 1 amide bonds. The van der Waals surface area contributed by atoms with Gasteiger partial charge in [-0.25, -0.2) is 0 Å². The number of anilines is 1. The molecule has 0 saturated carbocycles. The van der Waals surface area contributed by atoms with Crippen molar-refractivity contribution in [2.24, 2.45) is 0 Å². The number of benzene rings is 2. The lowest BCUT2D eigenvalue weighted by Crippen LogP contribution is -2.30. The van der Waals surface area contributed by atoms with Crippen molar-refractivity contribution in [3.05, 3.63) is 65.0 Å². The van der Waals surface area contributed by atoms with Crippen LogP contribution in [0.25, 0.3) is 11.5 Å². The van der Waals surface area contributed by atoms with Gasteiger partial charge in [0.2, 0.25) is 12.3 Å². The number of amides is 1. The van der Waals surface area contributed by atoms with Gasteiger partial charge < -0.3 is 14.5 Å². The SMILES string of the molecule is C[C@@H](Oc1ccc(-c2nnco2)cc1)C(=O)Nc1cccc([N+](=O)[O-])c1. The highest BCUT2D eigenvalue weighted by molar-refractivity contribution is 5.94. The van der Waals surface area contributed by atoms with Crippen molar-refractivity contribution >= 4 is 17.3 Å². The number of aromatic nitrogens is 2. The molecule has 1 aromatic heterocycles. The molecule has 0 radical (unpaired) electrons. The maximum atomic E-state index is 12.2. The number of nitrogens with one attached hydrogen (secondary N) is 1. The molecule has 0 aliphatic heterocycles. The normalized spacial score (nSPS) is 11.6. The number of hydrogen-bond acceptors (Lipinski definition) is 7. The van der Waals surface area contributed by atoms with Crippen molar-refractivity contribution in [3.8, 4) is 17.2 Å². The fourth-order valence-corrected chi connectivity index (χ4v) is 2.17. The van der Waals surface area contributed by atoms with Gasteiger partial charge in [0.15, 0.2) is 6.10 Å². The zero-order chi connectivity index (χ0) is 18.5. The van der Waals surface area contributed by atoms with E-state index in [1.54, 1.807) is 37.3 Å². The molecule has 1 N–H and O–H groups in total. The zero-order valence-electron chi connectivity index (χ0n) is 13.7. The van der Waals surface area contributed by atoms with E-state index in [0.29, 0.717) is 17.3 Å². The minimum absolute atomic E-state index is 0.104. The van der Waals surface area contributed by atoms with E-state index in [9.17, 15) is 14.9 Å². The number of rotatable bonds is 6. The Balaban J connectivity index is 1.62. The Kier molecular flexibility index (Phi) is 4.88. The number of ether oxygens (including phenoxy) is 1. The molecule has 0 bridgehead atoms. The quantitative estimate of drug-likeness (QED) is 0.533. The van der Waals surface area contributed by atoms with Crippen molar-refractivity contribution in [1.29, 1.82) is 0 Å². The molecule has 1 atom stereocenters. The van der Waals surface area contributed by atoms with E-state index in [1.165, 1.54) is 24.6 Å². The average molecular weight is 354 g/mol. The van der Waals surface area contributed by atoms with Crippen molar-refractivity contribution in [2.75, 3.05) is 5.32 Å². The molecule has 2 aromatic carbocycles. The smallest absolute Gasteiger partial charge is 0.271 e. The van der Waals surface area contributed by atoms with E-state index in [2.05, 4.69) is 15.5 Å². The van der Waals surface area contributed by atoms with Crippen LogP contribution in [0, 0.1) is 10.1 Å². The molecule has 0 saturated heterocycles. The first kappa shape index (κ1) is 17.1. The van der Waals surface area contributed by atoms with Crippen LogP contribution >= 0.6 is 0 Å². The van der Waals surface area contributed by atoms with Gasteiger partial charge in [-0.2, -0.15) is 0 Å². The van der Waals surface area contributed by atoms with Gasteiger partial charge in [0.05, 0.1) is 4.92 Å². The van der Waals surface area contributed by atoms with Gasteiger partial charge in [0.25, 0.3) is 11.6 Å². The maximum absolute atomic E-state index is 12.2. The standard InChI is InChI=1S/C17H14N4O5/c1-11(16(22)19-13-3-2-4-14(9-13)21(23)24)26-15-7-5-12(6-8-15)17-20-18-10-25-17/h2-11H,1H3,(H,19,22)/t11-/m1/s1. The third-order valence-electron chi connectivity index (χ3n) is 3.47. The topological polar surface area (TPSA) is 120 Å². The van der Waals surface area contributed by atoms with E-state index < -0.39 is 16.9 Å². The summed E-state index contributed by atoms with van der Waals surface area (Å²) in [6.07, 6.45) is 0.434. The largest absolute Gasteiger partial charge is 0.481 e. The summed E-state index contributed by atoms with van der Waals surface area (Å²) in [6, 6.07) is 12.5. The Morgan fingerprint density at radius 1 is 1.27 bits per heavy atom. The van der Waals surface area contributed by atoms with Crippen molar-refractivity contribution in [2.45, 2.75) is 13.0 Å². The molecule has 0 fully saturated rings. The summed E-state index contributed by atoms with van der Waals surface area (Å²) in [5.74, 6) is 0.439. The van der Waals surface area contributed by atoms with Gasteiger partial charge in [-0.1, -0.05) is 6.07 Å². The van der Waals surface area contributed by atoms with Gasteiger partial charge in [-0.05, 0) is 37.3 Å². The number of nitro groups is 1. The van der Waals surface area contributed by atoms with Crippen LogP contribution in [0.4, 0.5) is 11.4 Å². The molecule has 0 unspecified atom stereocenters. The maximum Gasteiger partial charge on any atom is 0.271 e. The summed E-state index contributed by atoms with van der Waals surface area (Å²) in [6.45, 7) is 1.58. The molecule has 9 heteroatoms. The van der Waals surface area contributed by atoms with Crippen LogP contribution in [-0.2, 0) is 4.79 Å². The highest BCUT2D eigenvalue weighted by Crippen LogP contribution is 2.21. The summed E-state index contributed by atoms with van der Waals surface area (Å²) in [4.78, 5) is 22.5. The van der Waals surface area contributed by atoms with Crippen LogP contribution in [0.1, 0.15) is 6.92 Å². The van der Waals surface area contributed by atoms with Gasteiger partial charge in [-0.3, -0.25) is 14.9 Å². The van der Waals surface area contributed by atoms with Crippen molar-refractivity contribution in [1.82, 2.24) is 10.2 Å². The van der Waals surface area contributed by atoms with E-state index in [4.69, 9.17) is 9.15 Å². The second kappa shape index (κ2) is 7.43. The Labute approximate surface area is 147 Å². The minimum atomic E-state index is -0.802. The summed E-state index contributed by atoms with van der Waals surface area (Å²) in [7, 11) is 0. The van der Waals surface area contributed by atoms with Crippen LogP contribution in [0.2, 0.25) is 0 Å². The van der Waals surface area contributed by atoms with Gasteiger partial charge in [-0.15, -0.1) is 10.2 Å². The Bertz CT molecular complexity index is 909. The van der Waals surface area contributed by atoms with Crippen molar-refractivity contribution < 1.29 is 18.9 Å². The number of carbonyl (C=O) groups is 1. The highest BCUT2D eigenvalue weighted by Gasteiger charge is 2.16. The van der Waals surface area contributed by atoms with Crippen molar-refractivity contribution in [3.63, 3.8) is 0 Å². The first-order valence-corrected chi connectivity index (χ1v) is 7.61. The third kappa shape index (κ3) is 4.01. The molecule has 0 aliphatic rings. The monoisotopic (exact) mass is 354 g/mol. The summed E-state index contributed by atoms with van der Waals surface area (Å²) in [5.41, 5.74) is 0.947. The molecule has 3 rings (SSSR count). The Morgan fingerprint density at radius 2 is 2.04 bits per heavy atom. The first-order chi connectivity index (χ1) is 12.5.